The molecule has 2 heteroatoms. The van der Waals surface area contributed by atoms with Crippen molar-refractivity contribution in [3.63, 3.8) is 0 Å². The molecule has 1 aliphatic rings. The molecular formula is C13H25NO. The van der Waals surface area contributed by atoms with E-state index in [4.69, 9.17) is 0 Å². The summed E-state index contributed by atoms with van der Waals surface area (Å²) in [6, 6.07) is 0.344. The SMILES string of the molecule is C[C@H](NC(=O)C(C)(C)C)C1CCCCC1. The van der Waals surface area contributed by atoms with E-state index in [1.54, 1.807) is 0 Å². The Morgan fingerprint density at radius 3 is 2.20 bits per heavy atom. The maximum atomic E-state index is 11.8. The fraction of sp³-hybridized carbons (Fsp3) is 0.923. The van der Waals surface area contributed by atoms with Crippen LogP contribution in [0.15, 0.2) is 0 Å². The first-order valence-corrected chi connectivity index (χ1v) is 6.22. The molecule has 15 heavy (non-hydrogen) atoms. The van der Waals surface area contributed by atoms with Crippen LogP contribution < -0.4 is 5.32 Å². The number of nitrogens with one attached hydrogen (secondary N) is 1. The molecule has 1 aliphatic carbocycles. The summed E-state index contributed by atoms with van der Waals surface area (Å²) in [6.45, 7) is 8.06. The van der Waals surface area contributed by atoms with Crippen LogP contribution in [-0.2, 0) is 4.79 Å². The van der Waals surface area contributed by atoms with Gasteiger partial charge in [0.2, 0.25) is 5.91 Å². The van der Waals surface area contributed by atoms with E-state index in [1.165, 1.54) is 32.1 Å². The van der Waals surface area contributed by atoms with E-state index >= 15 is 0 Å². The van der Waals surface area contributed by atoms with E-state index in [9.17, 15) is 4.79 Å². The highest BCUT2D eigenvalue weighted by molar-refractivity contribution is 5.81. The Morgan fingerprint density at radius 2 is 1.73 bits per heavy atom. The fourth-order valence-corrected chi connectivity index (χ4v) is 2.18. The smallest absolute Gasteiger partial charge is 0.225 e. The van der Waals surface area contributed by atoms with E-state index in [1.807, 2.05) is 20.8 Å². The van der Waals surface area contributed by atoms with Crippen molar-refractivity contribution in [2.45, 2.75) is 65.8 Å². The molecule has 0 spiro atoms. The highest BCUT2D eigenvalue weighted by Gasteiger charge is 2.26. The Labute approximate surface area is 93.8 Å². The van der Waals surface area contributed by atoms with Crippen molar-refractivity contribution < 1.29 is 4.79 Å². The number of rotatable bonds is 2. The topological polar surface area (TPSA) is 29.1 Å². The highest BCUT2D eigenvalue weighted by atomic mass is 16.2. The molecule has 0 radical (unpaired) electrons. The minimum atomic E-state index is -0.261. The number of amides is 1. The van der Waals surface area contributed by atoms with Crippen molar-refractivity contribution in [3.05, 3.63) is 0 Å². The van der Waals surface area contributed by atoms with Crippen LogP contribution in [0.5, 0.6) is 0 Å². The minimum Gasteiger partial charge on any atom is -0.353 e. The van der Waals surface area contributed by atoms with Gasteiger partial charge in [-0.25, -0.2) is 0 Å². The summed E-state index contributed by atoms with van der Waals surface area (Å²) in [5.74, 6) is 0.880. The molecule has 0 unspecified atom stereocenters. The van der Waals surface area contributed by atoms with Crippen molar-refractivity contribution in [2.75, 3.05) is 0 Å². The van der Waals surface area contributed by atoms with Crippen LogP contribution in [-0.4, -0.2) is 11.9 Å². The number of hydrogen-bond acceptors (Lipinski definition) is 1. The Hall–Kier alpha value is -0.530. The summed E-state index contributed by atoms with van der Waals surface area (Å²) in [7, 11) is 0. The standard InChI is InChI=1S/C13H25NO/c1-10(11-8-6-5-7-9-11)14-12(15)13(2,3)4/h10-11H,5-9H2,1-4H3,(H,14,15)/t10-/m0/s1. The lowest BCUT2D eigenvalue weighted by atomic mass is 9.84. The van der Waals surface area contributed by atoms with Crippen LogP contribution >= 0.6 is 0 Å². The first-order chi connectivity index (χ1) is 6.91. The Kier molecular flexibility index (Phi) is 4.18. The second-order valence-electron chi connectivity index (χ2n) is 5.91. The van der Waals surface area contributed by atoms with Crippen LogP contribution in [0.3, 0.4) is 0 Å². The predicted molar refractivity (Wildman–Crippen MR) is 63.6 cm³/mol. The van der Waals surface area contributed by atoms with E-state index in [2.05, 4.69) is 12.2 Å². The zero-order chi connectivity index (χ0) is 11.5. The van der Waals surface area contributed by atoms with Crippen LogP contribution in [0.25, 0.3) is 0 Å². The summed E-state index contributed by atoms with van der Waals surface area (Å²) < 4.78 is 0. The van der Waals surface area contributed by atoms with Gasteiger partial charge < -0.3 is 5.32 Å². The van der Waals surface area contributed by atoms with E-state index in [0.29, 0.717) is 12.0 Å². The molecule has 0 aromatic carbocycles. The summed E-state index contributed by atoms with van der Waals surface area (Å²) in [4.78, 5) is 11.8. The largest absolute Gasteiger partial charge is 0.353 e. The Balaban J connectivity index is 2.40. The van der Waals surface area contributed by atoms with Crippen LogP contribution in [0.4, 0.5) is 0 Å². The van der Waals surface area contributed by atoms with Crippen LogP contribution in [0.1, 0.15) is 59.8 Å². The third-order valence-corrected chi connectivity index (χ3v) is 3.40. The Morgan fingerprint density at radius 1 is 1.20 bits per heavy atom. The van der Waals surface area contributed by atoms with Gasteiger partial charge in [-0.2, -0.15) is 0 Å². The second-order valence-corrected chi connectivity index (χ2v) is 5.91. The fourth-order valence-electron chi connectivity index (χ4n) is 2.18. The summed E-state index contributed by atoms with van der Waals surface area (Å²) in [6.07, 6.45) is 6.61. The lowest BCUT2D eigenvalue weighted by Crippen LogP contribution is -2.44. The lowest BCUT2D eigenvalue weighted by molar-refractivity contribution is -0.129. The third kappa shape index (κ3) is 3.84. The number of hydrogen-bond donors (Lipinski definition) is 1. The monoisotopic (exact) mass is 211 g/mol. The molecule has 1 saturated carbocycles. The zero-order valence-corrected chi connectivity index (χ0v) is 10.6. The Bertz CT molecular complexity index is 211. The van der Waals surface area contributed by atoms with Gasteiger partial charge >= 0.3 is 0 Å². The first-order valence-electron chi connectivity index (χ1n) is 6.22. The molecule has 0 bridgehead atoms. The minimum absolute atomic E-state index is 0.181. The molecule has 1 atom stereocenters. The molecule has 0 heterocycles. The van der Waals surface area contributed by atoms with Gasteiger partial charge in [0.25, 0.3) is 0 Å². The molecule has 2 nitrogen and oxygen atoms in total. The molecule has 0 saturated heterocycles. The molecule has 0 aliphatic heterocycles. The molecule has 1 amide bonds. The van der Waals surface area contributed by atoms with Gasteiger partial charge in [0.1, 0.15) is 0 Å². The van der Waals surface area contributed by atoms with E-state index in [0.717, 1.165) is 0 Å². The molecule has 0 aromatic rings. The second kappa shape index (κ2) is 5.00. The van der Waals surface area contributed by atoms with Crippen LogP contribution in [0.2, 0.25) is 0 Å². The normalized spacial score (nSPS) is 21.1. The maximum Gasteiger partial charge on any atom is 0.225 e. The van der Waals surface area contributed by atoms with Crippen LogP contribution in [0, 0.1) is 11.3 Å². The zero-order valence-electron chi connectivity index (χ0n) is 10.6. The molecule has 1 fully saturated rings. The van der Waals surface area contributed by atoms with Crippen molar-refractivity contribution in [3.8, 4) is 0 Å². The van der Waals surface area contributed by atoms with Gasteiger partial charge in [-0.3, -0.25) is 4.79 Å². The molecule has 0 aromatic heterocycles. The molecule has 1 rings (SSSR count). The first kappa shape index (κ1) is 12.5. The average Bonchev–Trinajstić information content (AvgIpc) is 2.17. The van der Waals surface area contributed by atoms with Gasteiger partial charge in [-0.1, -0.05) is 40.0 Å². The van der Waals surface area contributed by atoms with Gasteiger partial charge in [-0.15, -0.1) is 0 Å². The van der Waals surface area contributed by atoms with Gasteiger partial charge in [0, 0.05) is 11.5 Å². The molecular weight excluding hydrogens is 186 g/mol. The van der Waals surface area contributed by atoms with Gasteiger partial charge in [-0.05, 0) is 25.7 Å². The van der Waals surface area contributed by atoms with Crippen molar-refractivity contribution in [1.82, 2.24) is 5.32 Å². The third-order valence-electron chi connectivity index (χ3n) is 3.40. The summed E-state index contributed by atoms with van der Waals surface area (Å²) >= 11 is 0. The lowest BCUT2D eigenvalue weighted by Gasteiger charge is -2.30. The average molecular weight is 211 g/mol. The number of carbonyl (C=O) groups is 1. The van der Waals surface area contributed by atoms with E-state index < -0.39 is 0 Å². The van der Waals surface area contributed by atoms with Gasteiger partial charge in [0.15, 0.2) is 0 Å². The molecule has 88 valence electrons. The quantitative estimate of drug-likeness (QED) is 0.747. The van der Waals surface area contributed by atoms with Crippen molar-refractivity contribution >= 4 is 5.91 Å². The maximum absolute atomic E-state index is 11.8. The summed E-state index contributed by atoms with van der Waals surface area (Å²) in [5, 5.41) is 3.15. The van der Waals surface area contributed by atoms with Crippen molar-refractivity contribution in [1.29, 1.82) is 0 Å². The summed E-state index contributed by atoms with van der Waals surface area (Å²) in [5.41, 5.74) is -0.261. The molecule has 1 N–H and O–H groups in total. The number of carbonyl (C=O) groups excluding carboxylic acids is 1. The van der Waals surface area contributed by atoms with E-state index in [-0.39, 0.29) is 11.3 Å². The highest BCUT2D eigenvalue weighted by Crippen LogP contribution is 2.26. The predicted octanol–water partition coefficient (Wildman–Crippen LogP) is 3.12. The van der Waals surface area contributed by atoms with Gasteiger partial charge in [0.05, 0.1) is 0 Å². The van der Waals surface area contributed by atoms with Crippen molar-refractivity contribution in [2.24, 2.45) is 11.3 Å².